The molecule has 1 saturated heterocycles. The van der Waals surface area contributed by atoms with Crippen molar-refractivity contribution in [2.75, 3.05) is 19.7 Å². The van der Waals surface area contributed by atoms with Gasteiger partial charge in [-0.3, -0.25) is 9.69 Å². The van der Waals surface area contributed by atoms with Gasteiger partial charge in [-0.25, -0.2) is 4.39 Å². The van der Waals surface area contributed by atoms with Gasteiger partial charge in [0.05, 0.1) is 22.9 Å². The van der Waals surface area contributed by atoms with E-state index in [0.717, 1.165) is 6.07 Å². The van der Waals surface area contributed by atoms with Crippen molar-refractivity contribution in [3.8, 4) is 5.75 Å². The Hall–Kier alpha value is -2.40. The third-order valence-corrected chi connectivity index (χ3v) is 7.19. The van der Waals surface area contributed by atoms with E-state index in [0.29, 0.717) is 31.0 Å². The number of aromatic nitrogens is 2. The summed E-state index contributed by atoms with van der Waals surface area (Å²) in [4.78, 5) is 13.6. The monoisotopic (exact) mass is 488 g/mol. The molecule has 4 aliphatic rings. The fourth-order valence-electron chi connectivity index (χ4n) is 5.20. The van der Waals surface area contributed by atoms with Crippen LogP contribution in [0.25, 0.3) is 0 Å². The van der Waals surface area contributed by atoms with Crippen molar-refractivity contribution in [1.29, 1.82) is 0 Å². The number of carbonyl (C=O) groups is 1. The molecule has 1 aromatic heterocycles. The van der Waals surface area contributed by atoms with Crippen LogP contribution in [0, 0.1) is 5.82 Å². The molecule has 2 heterocycles. The van der Waals surface area contributed by atoms with E-state index in [9.17, 15) is 22.4 Å². The summed E-state index contributed by atoms with van der Waals surface area (Å²) in [6, 6.07) is 3.62. The molecule has 1 amide bonds. The molecule has 1 aromatic carbocycles. The van der Waals surface area contributed by atoms with Crippen LogP contribution in [0.4, 0.5) is 17.6 Å². The highest BCUT2D eigenvalue weighted by molar-refractivity contribution is 6.30. The first-order valence-corrected chi connectivity index (χ1v) is 10.9. The molecular formula is C21H21ClF4N4O3. The van der Waals surface area contributed by atoms with Gasteiger partial charge in [0.2, 0.25) is 11.8 Å². The van der Waals surface area contributed by atoms with E-state index < -0.39 is 18.5 Å². The molecule has 7 nitrogen and oxygen atoms in total. The molecule has 4 fully saturated rings. The third-order valence-electron chi connectivity index (χ3n) is 6.88. The Labute approximate surface area is 191 Å². The molecule has 2 aromatic rings. The van der Waals surface area contributed by atoms with Crippen LogP contribution in [0.15, 0.2) is 22.6 Å². The highest BCUT2D eigenvalue weighted by atomic mass is 35.5. The van der Waals surface area contributed by atoms with Crippen LogP contribution in [-0.4, -0.2) is 58.5 Å². The second kappa shape index (κ2) is 7.56. The van der Waals surface area contributed by atoms with Crippen molar-refractivity contribution >= 4 is 17.5 Å². The summed E-state index contributed by atoms with van der Waals surface area (Å²) in [5, 5.41) is 11.1. The first kappa shape index (κ1) is 22.4. The predicted molar refractivity (Wildman–Crippen MR) is 107 cm³/mol. The second-order valence-electron chi connectivity index (χ2n) is 9.34. The van der Waals surface area contributed by atoms with Gasteiger partial charge >= 0.3 is 6.18 Å². The lowest BCUT2D eigenvalue weighted by Crippen LogP contribution is -2.77. The average molecular weight is 489 g/mol. The maximum absolute atomic E-state index is 13.5. The standard InChI is InChI=1S/C21H21ClF4N4O3/c1-11-13(5-30(11)10-21(24,25)26)17-28-29-18(33-17)19-7-20(8-19,9-19)27-16(31)6-32-12-2-3-14(22)15(23)4-12/h2-4,11,13H,5-10H2,1H3,(H,27,31)/t11-,13?,19?,20?/m1/s1. The maximum atomic E-state index is 13.5. The van der Waals surface area contributed by atoms with Gasteiger partial charge in [-0.2, -0.15) is 13.2 Å². The zero-order valence-corrected chi connectivity index (χ0v) is 18.3. The van der Waals surface area contributed by atoms with Gasteiger partial charge in [-0.15, -0.1) is 10.2 Å². The molecule has 178 valence electrons. The van der Waals surface area contributed by atoms with E-state index in [-0.39, 0.29) is 52.7 Å². The molecule has 0 radical (unpaired) electrons. The molecule has 2 atom stereocenters. The van der Waals surface area contributed by atoms with Gasteiger partial charge < -0.3 is 14.5 Å². The largest absolute Gasteiger partial charge is 0.484 e. The lowest BCUT2D eigenvalue weighted by atomic mass is 9.39. The Morgan fingerprint density at radius 1 is 1.33 bits per heavy atom. The zero-order chi connectivity index (χ0) is 23.6. The van der Waals surface area contributed by atoms with E-state index >= 15 is 0 Å². The quantitative estimate of drug-likeness (QED) is 0.600. The van der Waals surface area contributed by atoms with E-state index in [2.05, 4.69) is 15.5 Å². The predicted octanol–water partition coefficient (Wildman–Crippen LogP) is 3.58. The minimum absolute atomic E-state index is 0.0273. The number of ether oxygens (including phenoxy) is 1. The Morgan fingerprint density at radius 2 is 2.06 bits per heavy atom. The van der Waals surface area contributed by atoms with E-state index in [4.69, 9.17) is 20.8 Å². The smallest absolute Gasteiger partial charge is 0.401 e. The Morgan fingerprint density at radius 3 is 2.70 bits per heavy atom. The fourth-order valence-corrected chi connectivity index (χ4v) is 5.32. The summed E-state index contributed by atoms with van der Waals surface area (Å²) >= 11 is 5.62. The van der Waals surface area contributed by atoms with Crippen molar-refractivity contribution in [3.63, 3.8) is 0 Å². The van der Waals surface area contributed by atoms with Crippen LogP contribution in [-0.2, 0) is 10.2 Å². The van der Waals surface area contributed by atoms with E-state index in [1.54, 1.807) is 6.92 Å². The molecule has 12 heteroatoms. The summed E-state index contributed by atoms with van der Waals surface area (Å²) in [5.41, 5.74) is -0.648. The van der Waals surface area contributed by atoms with Crippen molar-refractivity contribution < 1.29 is 31.5 Å². The molecule has 0 spiro atoms. The summed E-state index contributed by atoms with van der Waals surface area (Å²) < 4.78 is 62.4. The molecule has 1 aliphatic heterocycles. The number of hydrogen-bond acceptors (Lipinski definition) is 6. The van der Waals surface area contributed by atoms with E-state index in [1.165, 1.54) is 17.0 Å². The van der Waals surface area contributed by atoms with Gasteiger partial charge in [0.1, 0.15) is 11.6 Å². The highest BCUT2D eigenvalue weighted by Gasteiger charge is 2.72. The Kier molecular flexibility index (Phi) is 5.13. The van der Waals surface area contributed by atoms with Crippen LogP contribution in [0.3, 0.4) is 0 Å². The molecule has 33 heavy (non-hydrogen) atoms. The third kappa shape index (κ3) is 4.05. The number of benzene rings is 1. The van der Waals surface area contributed by atoms with Gasteiger partial charge in [0.15, 0.2) is 6.61 Å². The highest BCUT2D eigenvalue weighted by Crippen LogP contribution is 2.67. The number of carbonyl (C=O) groups excluding carboxylic acids is 1. The van der Waals surface area contributed by atoms with Gasteiger partial charge in [0.25, 0.3) is 5.91 Å². The lowest BCUT2D eigenvalue weighted by molar-refractivity contribution is -0.164. The van der Waals surface area contributed by atoms with Crippen LogP contribution in [0.2, 0.25) is 5.02 Å². The number of hydrogen-bond donors (Lipinski definition) is 1. The number of likely N-dealkylation sites (tertiary alicyclic amines) is 1. The second-order valence-corrected chi connectivity index (χ2v) is 9.75. The maximum Gasteiger partial charge on any atom is 0.401 e. The lowest BCUT2D eigenvalue weighted by Gasteiger charge is -2.68. The van der Waals surface area contributed by atoms with Crippen molar-refractivity contribution in [3.05, 3.63) is 40.8 Å². The summed E-state index contributed by atoms with van der Waals surface area (Å²) in [5.74, 6) is -0.120. The van der Waals surface area contributed by atoms with Crippen LogP contribution in [0.5, 0.6) is 5.75 Å². The first-order chi connectivity index (χ1) is 15.5. The Balaban J connectivity index is 1.10. The molecule has 3 saturated carbocycles. The molecule has 3 aliphatic carbocycles. The van der Waals surface area contributed by atoms with Gasteiger partial charge in [0, 0.05) is 24.2 Å². The van der Waals surface area contributed by atoms with Crippen LogP contribution < -0.4 is 10.1 Å². The SMILES string of the molecule is C[C@@H]1C(c2nnc(C34CC(NC(=O)COc5ccc(Cl)c(F)c5)(C3)C4)o2)CN1CC(F)(F)F. The molecule has 1 unspecified atom stereocenters. The van der Waals surface area contributed by atoms with Crippen molar-refractivity contribution in [2.45, 2.75) is 55.3 Å². The summed E-state index contributed by atoms with van der Waals surface area (Å²) in [6.07, 6.45) is -2.31. The van der Waals surface area contributed by atoms with Gasteiger partial charge in [-0.05, 0) is 38.3 Å². The van der Waals surface area contributed by atoms with Crippen molar-refractivity contribution in [2.24, 2.45) is 0 Å². The number of nitrogens with zero attached hydrogens (tertiary/aromatic N) is 3. The Bertz CT molecular complexity index is 1070. The zero-order valence-electron chi connectivity index (χ0n) is 17.6. The number of rotatable bonds is 7. The number of halogens is 5. The molecule has 2 bridgehead atoms. The summed E-state index contributed by atoms with van der Waals surface area (Å²) in [7, 11) is 0. The normalized spacial score (nSPS) is 30.7. The first-order valence-electron chi connectivity index (χ1n) is 10.5. The minimum atomic E-state index is -4.24. The number of nitrogens with one attached hydrogen (secondary N) is 1. The molecule has 1 N–H and O–H groups in total. The van der Waals surface area contributed by atoms with Crippen LogP contribution >= 0.6 is 11.6 Å². The molecule has 6 rings (SSSR count). The van der Waals surface area contributed by atoms with Crippen molar-refractivity contribution in [1.82, 2.24) is 20.4 Å². The number of alkyl halides is 3. The van der Waals surface area contributed by atoms with E-state index in [1.807, 2.05) is 0 Å². The van der Waals surface area contributed by atoms with Gasteiger partial charge in [-0.1, -0.05) is 11.6 Å². The molecular weight excluding hydrogens is 468 g/mol. The summed E-state index contributed by atoms with van der Waals surface area (Å²) in [6.45, 7) is 0.742. The fraction of sp³-hybridized carbons (Fsp3) is 0.571. The topological polar surface area (TPSA) is 80.5 Å². The number of amides is 1. The average Bonchev–Trinajstić information content (AvgIpc) is 3.15. The van der Waals surface area contributed by atoms with Crippen LogP contribution in [0.1, 0.15) is 43.9 Å². The minimum Gasteiger partial charge on any atom is -0.484 e.